The monoisotopic (exact) mass is 338 g/mol. The summed E-state index contributed by atoms with van der Waals surface area (Å²) < 4.78 is 5.71. The highest BCUT2D eigenvalue weighted by Gasteiger charge is 2.20. The van der Waals surface area contributed by atoms with Gasteiger partial charge in [-0.3, -0.25) is 0 Å². The Balaban J connectivity index is 1.95. The Bertz CT molecular complexity index is 921. The minimum atomic E-state index is -0.989. The maximum absolute atomic E-state index is 10.9. The Hall–Kier alpha value is -3.15. The number of phenols is 1. The number of phenolic OH excluding ortho intramolecular Hbond substituents is 1. The normalized spacial score (nSPS) is 11.5. The summed E-state index contributed by atoms with van der Waals surface area (Å²) in [5, 5.41) is 27.1. The highest BCUT2D eigenvalue weighted by molar-refractivity contribution is 5.88. The van der Waals surface area contributed by atoms with E-state index in [4.69, 9.17) is 9.52 Å². The lowest BCUT2D eigenvalue weighted by Gasteiger charge is -2.20. The molecule has 25 heavy (non-hydrogen) atoms. The van der Waals surface area contributed by atoms with E-state index in [0.29, 0.717) is 22.9 Å². The van der Waals surface area contributed by atoms with Crippen molar-refractivity contribution < 1.29 is 19.4 Å². The van der Waals surface area contributed by atoms with Crippen molar-refractivity contribution in [3.8, 4) is 28.7 Å². The third kappa shape index (κ3) is 3.38. The van der Waals surface area contributed by atoms with Crippen LogP contribution in [0.3, 0.4) is 0 Å². The van der Waals surface area contributed by atoms with E-state index in [1.807, 2.05) is 26.8 Å². The fourth-order valence-electron chi connectivity index (χ4n) is 2.48. The highest BCUT2D eigenvalue weighted by atomic mass is 16.4. The van der Waals surface area contributed by atoms with Crippen LogP contribution in [0.2, 0.25) is 0 Å². The molecular weight excluding hydrogens is 320 g/mol. The lowest BCUT2D eigenvalue weighted by molar-refractivity contribution is 0.0697. The van der Waals surface area contributed by atoms with Gasteiger partial charge in [0.25, 0.3) is 0 Å². The Morgan fingerprint density at radius 1 is 0.960 bits per heavy atom. The predicted molar refractivity (Wildman–Crippen MR) is 92.5 cm³/mol. The van der Waals surface area contributed by atoms with Crippen molar-refractivity contribution in [2.45, 2.75) is 26.2 Å². The summed E-state index contributed by atoms with van der Waals surface area (Å²) in [6.07, 6.45) is 0. The number of rotatable bonds is 3. The number of carbonyl (C=O) groups is 1. The second-order valence-electron chi connectivity index (χ2n) is 6.78. The number of carboxylic acid groups (broad SMARTS) is 1. The van der Waals surface area contributed by atoms with Crippen LogP contribution in [0.5, 0.6) is 5.75 Å². The topological polar surface area (TPSA) is 96.5 Å². The zero-order chi connectivity index (χ0) is 18.2. The van der Waals surface area contributed by atoms with Gasteiger partial charge in [-0.15, -0.1) is 10.2 Å². The summed E-state index contributed by atoms with van der Waals surface area (Å²) >= 11 is 0. The van der Waals surface area contributed by atoms with Gasteiger partial charge in [0, 0.05) is 16.7 Å². The minimum Gasteiger partial charge on any atom is -0.508 e. The van der Waals surface area contributed by atoms with E-state index in [0.717, 1.165) is 5.56 Å². The van der Waals surface area contributed by atoms with E-state index in [2.05, 4.69) is 10.2 Å². The number of nitrogens with zero attached hydrogens (tertiary/aromatic N) is 2. The number of aromatic carboxylic acids is 1. The number of benzene rings is 2. The number of hydrogen-bond donors (Lipinski definition) is 2. The molecule has 1 aromatic heterocycles. The van der Waals surface area contributed by atoms with Gasteiger partial charge in [0.05, 0.1) is 5.56 Å². The van der Waals surface area contributed by atoms with Crippen LogP contribution in [0, 0.1) is 0 Å². The third-order valence-electron chi connectivity index (χ3n) is 3.86. The minimum absolute atomic E-state index is 0.192. The molecule has 3 aromatic rings. The molecule has 0 aliphatic carbocycles. The van der Waals surface area contributed by atoms with E-state index < -0.39 is 5.97 Å². The van der Waals surface area contributed by atoms with Crippen molar-refractivity contribution in [2.24, 2.45) is 0 Å². The van der Waals surface area contributed by atoms with Gasteiger partial charge in [-0.05, 0) is 47.9 Å². The van der Waals surface area contributed by atoms with Crippen molar-refractivity contribution in [1.29, 1.82) is 0 Å². The van der Waals surface area contributed by atoms with Crippen LogP contribution in [0.4, 0.5) is 0 Å². The van der Waals surface area contributed by atoms with Gasteiger partial charge in [0.1, 0.15) is 5.75 Å². The molecule has 6 nitrogen and oxygen atoms in total. The molecule has 0 saturated heterocycles. The summed E-state index contributed by atoms with van der Waals surface area (Å²) in [6, 6.07) is 11.4. The van der Waals surface area contributed by atoms with Crippen LogP contribution in [-0.2, 0) is 5.41 Å². The molecule has 2 aromatic carbocycles. The molecule has 0 radical (unpaired) electrons. The summed E-state index contributed by atoms with van der Waals surface area (Å²) in [5.41, 5.74) is 2.10. The molecule has 0 unspecified atom stereocenters. The van der Waals surface area contributed by atoms with Gasteiger partial charge in [-0.2, -0.15) is 0 Å². The van der Waals surface area contributed by atoms with E-state index >= 15 is 0 Å². The van der Waals surface area contributed by atoms with Crippen molar-refractivity contribution in [3.05, 3.63) is 53.6 Å². The van der Waals surface area contributed by atoms with Crippen molar-refractivity contribution in [1.82, 2.24) is 10.2 Å². The van der Waals surface area contributed by atoms with Crippen LogP contribution in [0.15, 0.2) is 46.9 Å². The molecule has 6 heteroatoms. The Morgan fingerprint density at radius 2 is 1.52 bits per heavy atom. The summed E-state index contributed by atoms with van der Waals surface area (Å²) in [4.78, 5) is 10.9. The average Bonchev–Trinajstić information content (AvgIpc) is 3.04. The smallest absolute Gasteiger partial charge is 0.335 e. The molecule has 0 atom stereocenters. The molecule has 0 spiro atoms. The SMILES string of the molecule is CC(C)(C)c1cc(-c2nnc(-c3ccc(C(=O)O)cc3)o2)ccc1O. The van der Waals surface area contributed by atoms with Crippen LogP contribution in [-0.4, -0.2) is 26.4 Å². The fraction of sp³-hybridized carbons (Fsp3) is 0.211. The first-order valence-corrected chi connectivity index (χ1v) is 7.77. The molecule has 1 heterocycles. The predicted octanol–water partition coefficient (Wildman–Crippen LogP) is 4.10. The molecule has 0 amide bonds. The van der Waals surface area contributed by atoms with Crippen LogP contribution < -0.4 is 0 Å². The van der Waals surface area contributed by atoms with Crippen LogP contribution in [0.1, 0.15) is 36.7 Å². The van der Waals surface area contributed by atoms with E-state index in [9.17, 15) is 9.90 Å². The second-order valence-corrected chi connectivity index (χ2v) is 6.78. The fourth-order valence-corrected chi connectivity index (χ4v) is 2.48. The highest BCUT2D eigenvalue weighted by Crippen LogP contribution is 2.34. The lowest BCUT2D eigenvalue weighted by atomic mass is 9.85. The summed E-state index contributed by atoms with van der Waals surface area (Å²) in [6.45, 7) is 6.03. The van der Waals surface area contributed by atoms with E-state index in [-0.39, 0.29) is 16.7 Å². The molecular formula is C19H18N2O4. The van der Waals surface area contributed by atoms with Crippen molar-refractivity contribution in [3.63, 3.8) is 0 Å². The van der Waals surface area contributed by atoms with Crippen LogP contribution in [0.25, 0.3) is 22.9 Å². The standard InChI is InChI=1S/C19H18N2O4/c1-19(2,3)14-10-13(8-9-15(14)22)17-21-20-16(25-17)11-4-6-12(7-5-11)18(23)24/h4-10,22H,1-3H3,(H,23,24). The van der Waals surface area contributed by atoms with E-state index in [1.165, 1.54) is 12.1 Å². The van der Waals surface area contributed by atoms with Gasteiger partial charge in [0.15, 0.2) is 0 Å². The van der Waals surface area contributed by atoms with Crippen molar-refractivity contribution in [2.75, 3.05) is 0 Å². The third-order valence-corrected chi connectivity index (χ3v) is 3.86. The lowest BCUT2D eigenvalue weighted by Crippen LogP contribution is -2.11. The van der Waals surface area contributed by atoms with Gasteiger partial charge < -0.3 is 14.6 Å². The largest absolute Gasteiger partial charge is 0.508 e. The first-order chi connectivity index (χ1) is 11.8. The number of aromatic nitrogens is 2. The maximum atomic E-state index is 10.9. The maximum Gasteiger partial charge on any atom is 0.335 e. The zero-order valence-corrected chi connectivity index (χ0v) is 14.1. The van der Waals surface area contributed by atoms with Crippen LogP contribution >= 0.6 is 0 Å². The molecule has 2 N–H and O–H groups in total. The number of hydrogen-bond acceptors (Lipinski definition) is 5. The van der Waals surface area contributed by atoms with Gasteiger partial charge >= 0.3 is 5.97 Å². The van der Waals surface area contributed by atoms with Gasteiger partial charge in [0.2, 0.25) is 11.8 Å². The quantitative estimate of drug-likeness (QED) is 0.746. The molecule has 3 rings (SSSR count). The zero-order valence-electron chi connectivity index (χ0n) is 14.1. The first-order valence-electron chi connectivity index (χ1n) is 7.77. The van der Waals surface area contributed by atoms with E-state index in [1.54, 1.807) is 24.3 Å². The average molecular weight is 338 g/mol. The molecule has 0 bridgehead atoms. The summed E-state index contributed by atoms with van der Waals surface area (Å²) in [7, 11) is 0. The van der Waals surface area contributed by atoms with Gasteiger partial charge in [-0.25, -0.2) is 4.79 Å². The van der Waals surface area contributed by atoms with Crippen molar-refractivity contribution >= 4 is 5.97 Å². The molecule has 0 fully saturated rings. The molecule has 0 aliphatic rings. The Morgan fingerprint density at radius 3 is 2.08 bits per heavy atom. The summed E-state index contributed by atoms with van der Waals surface area (Å²) in [5.74, 6) is -0.128. The van der Waals surface area contributed by atoms with Gasteiger partial charge in [-0.1, -0.05) is 20.8 Å². The molecule has 0 aliphatic heterocycles. The Labute approximate surface area is 144 Å². The first kappa shape index (κ1) is 16.7. The molecule has 0 saturated carbocycles. The number of carboxylic acids is 1. The Kier molecular flexibility index (Phi) is 4.04. The molecule has 128 valence electrons. The second kappa shape index (κ2) is 6.05. The number of aromatic hydroxyl groups is 1.